The van der Waals surface area contributed by atoms with E-state index in [1.165, 1.54) is 0 Å². The van der Waals surface area contributed by atoms with Crippen LogP contribution in [0.15, 0.2) is 24.5 Å². The average Bonchev–Trinajstić information content (AvgIpc) is 3.37. The SMILES string of the molecule is Cn1ccc2c(NC3C4CCC(CC4)C3C(=O)O)nc(-c3[nH]nc4ncc(Cl)cc34)nc21. The summed E-state index contributed by atoms with van der Waals surface area (Å²) in [6.45, 7) is 0. The van der Waals surface area contributed by atoms with Gasteiger partial charge in [0.1, 0.15) is 17.2 Å². The van der Waals surface area contributed by atoms with Gasteiger partial charge in [-0.3, -0.25) is 9.89 Å². The first kappa shape index (κ1) is 19.5. The topological polar surface area (TPSA) is 122 Å². The van der Waals surface area contributed by atoms with Crippen LogP contribution in [-0.4, -0.2) is 46.8 Å². The van der Waals surface area contributed by atoms with Crippen molar-refractivity contribution in [1.29, 1.82) is 0 Å². The number of carboxylic acids is 1. The average molecular weight is 452 g/mol. The number of aryl methyl sites for hydroxylation is 1. The van der Waals surface area contributed by atoms with Crippen LogP contribution in [0.3, 0.4) is 0 Å². The highest BCUT2D eigenvalue weighted by Gasteiger charge is 2.47. The van der Waals surface area contributed by atoms with E-state index in [4.69, 9.17) is 21.6 Å². The summed E-state index contributed by atoms with van der Waals surface area (Å²) >= 11 is 6.16. The van der Waals surface area contributed by atoms with Crippen molar-refractivity contribution in [3.8, 4) is 11.5 Å². The molecule has 0 spiro atoms. The lowest BCUT2D eigenvalue weighted by atomic mass is 9.61. The summed E-state index contributed by atoms with van der Waals surface area (Å²) in [6, 6.07) is 3.59. The fourth-order valence-corrected chi connectivity index (χ4v) is 5.73. The van der Waals surface area contributed by atoms with Gasteiger partial charge in [0.25, 0.3) is 0 Å². The predicted octanol–water partition coefficient (Wildman–Crippen LogP) is 3.86. The summed E-state index contributed by atoms with van der Waals surface area (Å²) in [5.41, 5.74) is 1.91. The van der Waals surface area contributed by atoms with Crippen LogP contribution in [0.25, 0.3) is 33.6 Å². The van der Waals surface area contributed by atoms with Crippen LogP contribution in [0.5, 0.6) is 0 Å². The van der Waals surface area contributed by atoms with Crippen LogP contribution in [0.1, 0.15) is 25.7 Å². The van der Waals surface area contributed by atoms with Gasteiger partial charge < -0.3 is 15.0 Å². The number of carbonyl (C=O) groups is 1. The molecule has 10 heteroatoms. The van der Waals surface area contributed by atoms with Crippen LogP contribution in [0, 0.1) is 17.8 Å². The van der Waals surface area contributed by atoms with Gasteiger partial charge in [-0.1, -0.05) is 11.6 Å². The molecule has 4 aromatic rings. The third kappa shape index (κ3) is 2.95. The number of aromatic amines is 1. The molecule has 0 radical (unpaired) electrons. The number of H-pyrrole nitrogens is 1. The Kier molecular flexibility index (Phi) is 4.36. The lowest BCUT2D eigenvalue weighted by molar-refractivity contribution is -0.148. The number of fused-ring (bicyclic) bond motifs is 5. The van der Waals surface area contributed by atoms with E-state index in [9.17, 15) is 9.90 Å². The number of pyridine rings is 1. The third-order valence-corrected chi connectivity index (χ3v) is 7.34. The summed E-state index contributed by atoms with van der Waals surface area (Å²) in [5.74, 6) is 0.515. The van der Waals surface area contributed by atoms with Gasteiger partial charge in [-0.05, 0) is 49.7 Å². The van der Waals surface area contributed by atoms with Crippen molar-refractivity contribution in [2.45, 2.75) is 31.7 Å². The molecule has 4 heterocycles. The third-order valence-electron chi connectivity index (χ3n) is 7.13. The summed E-state index contributed by atoms with van der Waals surface area (Å²) in [7, 11) is 1.93. The molecule has 0 aliphatic heterocycles. The van der Waals surface area contributed by atoms with Gasteiger partial charge in [-0.25, -0.2) is 15.0 Å². The number of hydrogen-bond donors (Lipinski definition) is 3. The molecular formula is C22H22ClN7O2. The van der Waals surface area contributed by atoms with Crippen LogP contribution < -0.4 is 5.32 Å². The van der Waals surface area contributed by atoms with Crippen molar-refractivity contribution in [2.24, 2.45) is 24.8 Å². The number of nitrogens with zero attached hydrogens (tertiary/aromatic N) is 5. The standard InChI is InChI=1S/C22H22ClN7O2/c1-30-7-6-13-19(25-16-11-4-2-10(3-5-11)15(16)22(31)32)26-20(27-21(13)30)17-14-8-12(23)9-24-18(14)29-28-17/h6-11,15-16H,2-5H2,1H3,(H,31,32)(H,24,28,29)(H,25,26,27). The van der Waals surface area contributed by atoms with Crippen LogP contribution in [0.2, 0.25) is 5.02 Å². The number of halogens is 1. The van der Waals surface area contributed by atoms with E-state index < -0.39 is 11.9 Å². The molecule has 3 aliphatic carbocycles. The second kappa shape index (κ2) is 7.16. The molecule has 3 saturated carbocycles. The lowest BCUT2D eigenvalue weighted by Gasteiger charge is -2.47. The number of nitrogens with one attached hydrogen (secondary N) is 2. The number of aliphatic carboxylic acids is 1. The molecule has 0 saturated heterocycles. The maximum Gasteiger partial charge on any atom is 0.308 e. The van der Waals surface area contributed by atoms with Gasteiger partial charge in [0, 0.05) is 25.5 Å². The molecule has 4 aromatic heterocycles. The first-order valence-electron chi connectivity index (χ1n) is 10.8. The van der Waals surface area contributed by atoms with Crippen molar-refractivity contribution < 1.29 is 9.90 Å². The predicted molar refractivity (Wildman–Crippen MR) is 120 cm³/mol. The normalized spacial score (nSPS) is 24.9. The van der Waals surface area contributed by atoms with Gasteiger partial charge in [-0.2, -0.15) is 5.10 Å². The minimum atomic E-state index is -0.726. The summed E-state index contributed by atoms with van der Waals surface area (Å²) in [4.78, 5) is 26.0. The molecule has 9 nitrogen and oxygen atoms in total. The molecular weight excluding hydrogens is 430 g/mol. The maximum absolute atomic E-state index is 12.1. The Hall–Kier alpha value is -3.20. The Morgan fingerprint density at radius 1 is 1.22 bits per heavy atom. The van der Waals surface area contributed by atoms with Crippen molar-refractivity contribution >= 4 is 45.5 Å². The maximum atomic E-state index is 12.1. The molecule has 3 aliphatic rings. The molecule has 0 aromatic carbocycles. The quantitative estimate of drug-likeness (QED) is 0.430. The minimum absolute atomic E-state index is 0.152. The van der Waals surface area contributed by atoms with Crippen molar-refractivity contribution in [3.05, 3.63) is 29.5 Å². The second-order valence-electron chi connectivity index (χ2n) is 8.89. The van der Waals surface area contributed by atoms with Gasteiger partial charge in [-0.15, -0.1) is 0 Å². The number of hydrogen-bond acceptors (Lipinski definition) is 6. The lowest BCUT2D eigenvalue weighted by Crippen LogP contribution is -2.51. The van der Waals surface area contributed by atoms with E-state index in [-0.39, 0.29) is 12.0 Å². The number of carboxylic acid groups (broad SMARTS) is 1. The van der Waals surface area contributed by atoms with Gasteiger partial charge in [0.15, 0.2) is 11.5 Å². The van der Waals surface area contributed by atoms with Crippen molar-refractivity contribution in [3.63, 3.8) is 0 Å². The summed E-state index contributed by atoms with van der Waals surface area (Å²) in [6.07, 6.45) is 7.56. The van der Waals surface area contributed by atoms with Crippen molar-refractivity contribution in [2.75, 3.05) is 5.32 Å². The second-order valence-corrected chi connectivity index (χ2v) is 9.33. The molecule has 164 valence electrons. The van der Waals surface area contributed by atoms with E-state index >= 15 is 0 Å². The monoisotopic (exact) mass is 451 g/mol. The van der Waals surface area contributed by atoms with Gasteiger partial charge >= 0.3 is 5.97 Å². The zero-order valence-corrected chi connectivity index (χ0v) is 18.2. The molecule has 2 unspecified atom stereocenters. The molecule has 3 fully saturated rings. The van der Waals surface area contributed by atoms with Gasteiger partial charge in [0.05, 0.1) is 21.7 Å². The zero-order chi connectivity index (χ0) is 22.0. The van der Waals surface area contributed by atoms with Crippen LogP contribution in [0.4, 0.5) is 5.82 Å². The smallest absolute Gasteiger partial charge is 0.308 e. The van der Waals surface area contributed by atoms with Crippen molar-refractivity contribution in [1.82, 2.24) is 29.7 Å². The Morgan fingerprint density at radius 3 is 2.78 bits per heavy atom. The molecule has 2 atom stereocenters. The first-order valence-corrected chi connectivity index (χ1v) is 11.2. The summed E-state index contributed by atoms with van der Waals surface area (Å²) in [5, 5.41) is 22.9. The van der Waals surface area contributed by atoms with Crippen LogP contribution >= 0.6 is 11.6 Å². The summed E-state index contributed by atoms with van der Waals surface area (Å²) < 4.78 is 1.93. The fourth-order valence-electron chi connectivity index (χ4n) is 5.57. The molecule has 7 rings (SSSR count). The van der Waals surface area contributed by atoms with E-state index in [0.29, 0.717) is 33.9 Å². The van der Waals surface area contributed by atoms with Crippen LogP contribution in [-0.2, 0) is 11.8 Å². The molecule has 32 heavy (non-hydrogen) atoms. The van der Waals surface area contributed by atoms with E-state index in [1.807, 2.05) is 23.9 Å². The highest BCUT2D eigenvalue weighted by molar-refractivity contribution is 6.31. The number of anilines is 1. The Labute approximate surface area is 188 Å². The highest BCUT2D eigenvalue weighted by atomic mass is 35.5. The van der Waals surface area contributed by atoms with E-state index in [1.54, 1.807) is 12.3 Å². The largest absolute Gasteiger partial charge is 0.481 e. The minimum Gasteiger partial charge on any atom is -0.481 e. The van der Waals surface area contributed by atoms with E-state index in [2.05, 4.69) is 20.5 Å². The fraction of sp³-hybridized carbons (Fsp3) is 0.409. The Balaban J connectivity index is 1.48. The Morgan fingerprint density at radius 2 is 2.00 bits per heavy atom. The highest BCUT2D eigenvalue weighted by Crippen LogP contribution is 2.46. The Bertz CT molecular complexity index is 1360. The number of rotatable bonds is 4. The molecule has 0 amide bonds. The molecule has 3 N–H and O–H groups in total. The number of aromatic nitrogens is 6. The zero-order valence-electron chi connectivity index (χ0n) is 17.4. The van der Waals surface area contributed by atoms with Gasteiger partial charge in [0.2, 0.25) is 0 Å². The van der Waals surface area contributed by atoms with E-state index in [0.717, 1.165) is 42.1 Å². The molecule has 2 bridgehead atoms. The first-order chi connectivity index (χ1) is 15.5.